The standard InChI is InChI=1S/C19H29NO/c1-13-11-14(2)15(3)20(12-13)18-10-6-8-16-7-4-5-9-17(16)19(18)21/h4-5,7,9,13-15,18-19,21H,6,8,10-12H2,1-3H3. The molecule has 0 spiro atoms. The molecule has 5 unspecified atom stereocenters. The van der Waals surface area contributed by atoms with Crippen LogP contribution in [0, 0.1) is 11.8 Å². The van der Waals surface area contributed by atoms with E-state index in [1.54, 1.807) is 0 Å². The highest BCUT2D eigenvalue weighted by atomic mass is 16.3. The molecule has 116 valence electrons. The summed E-state index contributed by atoms with van der Waals surface area (Å²) in [7, 11) is 0. The number of rotatable bonds is 1. The van der Waals surface area contributed by atoms with E-state index in [4.69, 9.17) is 0 Å². The van der Waals surface area contributed by atoms with E-state index in [1.165, 1.54) is 18.4 Å². The summed E-state index contributed by atoms with van der Waals surface area (Å²) >= 11 is 0. The number of hydrogen-bond donors (Lipinski definition) is 1. The lowest BCUT2D eigenvalue weighted by Crippen LogP contribution is -2.52. The first kappa shape index (κ1) is 15.1. The van der Waals surface area contributed by atoms with Gasteiger partial charge < -0.3 is 5.11 Å². The first-order chi connectivity index (χ1) is 10.1. The molecule has 2 heteroatoms. The Balaban J connectivity index is 1.88. The van der Waals surface area contributed by atoms with Gasteiger partial charge in [0.2, 0.25) is 0 Å². The Bertz CT molecular complexity index is 486. The third kappa shape index (κ3) is 2.89. The minimum atomic E-state index is -0.330. The number of aliphatic hydroxyl groups is 1. The molecular formula is C19H29NO. The number of fused-ring (bicyclic) bond motifs is 1. The zero-order chi connectivity index (χ0) is 15.0. The number of aryl methyl sites for hydroxylation is 1. The Morgan fingerprint density at radius 2 is 1.90 bits per heavy atom. The predicted octanol–water partition coefficient (Wildman–Crippen LogP) is 3.79. The van der Waals surface area contributed by atoms with E-state index in [0.717, 1.165) is 36.8 Å². The van der Waals surface area contributed by atoms with Crippen LogP contribution in [-0.2, 0) is 6.42 Å². The average Bonchev–Trinajstić information content (AvgIpc) is 2.63. The lowest BCUT2D eigenvalue weighted by atomic mass is 9.83. The second-order valence-corrected chi connectivity index (χ2v) is 7.36. The number of hydrogen-bond acceptors (Lipinski definition) is 2. The van der Waals surface area contributed by atoms with Crippen molar-refractivity contribution in [1.82, 2.24) is 4.90 Å². The number of piperidine rings is 1. The number of nitrogens with zero attached hydrogens (tertiary/aromatic N) is 1. The molecule has 1 aromatic rings. The van der Waals surface area contributed by atoms with E-state index >= 15 is 0 Å². The highest BCUT2D eigenvalue weighted by Gasteiger charge is 2.37. The second-order valence-electron chi connectivity index (χ2n) is 7.36. The third-order valence-electron chi connectivity index (χ3n) is 5.75. The lowest BCUT2D eigenvalue weighted by Gasteiger charge is -2.46. The molecule has 2 aliphatic rings. The topological polar surface area (TPSA) is 23.5 Å². The van der Waals surface area contributed by atoms with Crippen LogP contribution in [0.25, 0.3) is 0 Å². The maximum absolute atomic E-state index is 11.0. The Hall–Kier alpha value is -0.860. The van der Waals surface area contributed by atoms with Crippen molar-refractivity contribution in [3.8, 4) is 0 Å². The summed E-state index contributed by atoms with van der Waals surface area (Å²) in [6.45, 7) is 8.20. The van der Waals surface area contributed by atoms with Gasteiger partial charge in [0.25, 0.3) is 0 Å². The fourth-order valence-corrected chi connectivity index (χ4v) is 4.46. The Kier molecular flexibility index (Phi) is 4.37. The molecule has 1 aromatic carbocycles. The maximum Gasteiger partial charge on any atom is 0.0947 e. The Morgan fingerprint density at radius 1 is 1.14 bits per heavy atom. The molecule has 0 bridgehead atoms. The van der Waals surface area contributed by atoms with Crippen molar-refractivity contribution in [3.05, 3.63) is 35.4 Å². The van der Waals surface area contributed by atoms with E-state index in [-0.39, 0.29) is 12.1 Å². The van der Waals surface area contributed by atoms with Crippen molar-refractivity contribution in [3.63, 3.8) is 0 Å². The van der Waals surface area contributed by atoms with Crippen molar-refractivity contribution in [2.24, 2.45) is 11.8 Å². The van der Waals surface area contributed by atoms with Gasteiger partial charge in [-0.15, -0.1) is 0 Å². The van der Waals surface area contributed by atoms with E-state index in [9.17, 15) is 5.11 Å². The van der Waals surface area contributed by atoms with Gasteiger partial charge in [-0.1, -0.05) is 38.1 Å². The zero-order valence-electron chi connectivity index (χ0n) is 13.6. The number of likely N-dealkylation sites (tertiary alicyclic amines) is 1. The normalized spacial score (nSPS) is 37.8. The molecule has 5 atom stereocenters. The van der Waals surface area contributed by atoms with Gasteiger partial charge in [-0.05, 0) is 55.6 Å². The van der Waals surface area contributed by atoms with Gasteiger partial charge in [-0.3, -0.25) is 4.90 Å². The Labute approximate surface area is 129 Å². The minimum absolute atomic E-state index is 0.286. The second kappa shape index (κ2) is 6.10. The average molecular weight is 287 g/mol. The summed E-state index contributed by atoms with van der Waals surface area (Å²) in [5, 5.41) is 11.0. The lowest BCUT2D eigenvalue weighted by molar-refractivity contribution is -0.0231. The third-order valence-corrected chi connectivity index (χ3v) is 5.75. The van der Waals surface area contributed by atoms with Gasteiger partial charge in [0.05, 0.1) is 6.10 Å². The van der Waals surface area contributed by atoms with Crippen molar-refractivity contribution < 1.29 is 5.11 Å². The molecule has 1 heterocycles. The molecule has 1 fully saturated rings. The van der Waals surface area contributed by atoms with Gasteiger partial charge in [0, 0.05) is 18.6 Å². The van der Waals surface area contributed by atoms with Crippen LogP contribution < -0.4 is 0 Å². The molecular weight excluding hydrogens is 258 g/mol. The quantitative estimate of drug-likeness (QED) is 0.794. The van der Waals surface area contributed by atoms with Crippen LogP contribution in [0.2, 0.25) is 0 Å². The monoisotopic (exact) mass is 287 g/mol. The molecule has 1 aliphatic heterocycles. The summed E-state index contributed by atoms with van der Waals surface area (Å²) < 4.78 is 0. The zero-order valence-corrected chi connectivity index (χ0v) is 13.6. The van der Waals surface area contributed by atoms with Crippen LogP contribution in [0.3, 0.4) is 0 Å². The fourth-order valence-electron chi connectivity index (χ4n) is 4.46. The van der Waals surface area contributed by atoms with Gasteiger partial charge in [-0.25, -0.2) is 0 Å². The Morgan fingerprint density at radius 3 is 2.71 bits per heavy atom. The van der Waals surface area contributed by atoms with E-state index in [2.05, 4.69) is 49.9 Å². The van der Waals surface area contributed by atoms with E-state index < -0.39 is 0 Å². The van der Waals surface area contributed by atoms with Gasteiger partial charge in [0.15, 0.2) is 0 Å². The highest BCUT2D eigenvalue weighted by molar-refractivity contribution is 5.31. The largest absolute Gasteiger partial charge is 0.387 e. The van der Waals surface area contributed by atoms with Crippen LogP contribution in [0.4, 0.5) is 0 Å². The van der Waals surface area contributed by atoms with Crippen molar-refractivity contribution in [2.75, 3.05) is 6.54 Å². The molecule has 0 radical (unpaired) electrons. The van der Waals surface area contributed by atoms with Crippen LogP contribution in [0.1, 0.15) is 57.3 Å². The maximum atomic E-state index is 11.0. The summed E-state index contributed by atoms with van der Waals surface area (Å²) in [6.07, 6.45) is 4.39. The number of aliphatic hydroxyl groups excluding tert-OH is 1. The highest BCUT2D eigenvalue weighted by Crippen LogP contribution is 2.37. The molecule has 0 aromatic heterocycles. The molecule has 1 N–H and O–H groups in total. The molecule has 0 saturated carbocycles. The summed E-state index contributed by atoms with van der Waals surface area (Å²) in [5.74, 6) is 1.46. The first-order valence-corrected chi connectivity index (χ1v) is 8.59. The summed E-state index contributed by atoms with van der Waals surface area (Å²) in [6, 6.07) is 9.33. The van der Waals surface area contributed by atoms with E-state index in [0.29, 0.717) is 6.04 Å². The predicted molar refractivity (Wildman–Crippen MR) is 87.2 cm³/mol. The van der Waals surface area contributed by atoms with Gasteiger partial charge in [-0.2, -0.15) is 0 Å². The van der Waals surface area contributed by atoms with E-state index in [1.807, 2.05) is 0 Å². The molecule has 1 saturated heterocycles. The SMILES string of the molecule is CC1CC(C)C(C)N(C2CCCc3ccccc3C2O)C1. The van der Waals surface area contributed by atoms with Crippen LogP contribution >= 0.6 is 0 Å². The molecule has 3 rings (SSSR count). The molecule has 21 heavy (non-hydrogen) atoms. The molecule has 0 amide bonds. The van der Waals surface area contributed by atoms with Crippen LogP contribution in [0.5, 0.6) is 0 Å². The fraction of sp³-hybridized carbons (Fsp3) is 0.684. The minimum Gasteiger partial charge on any atom is -0.387 e. The molecule has 1 aliphatic carbocycles. The van der Waals surface area contributed by atoms with Gasteiger partial charge >= 0.3 is 0 Å². The van der Waals surface area contributed by atoms with Crippen molar-refractivity contribution in [2.45, 2.75) is 64.6 Å². The molecule has 2 nitrogen and oxygen atoms in total. The van der Waals surface area contributed by atoms with Crippen molar-refractivity contribution in [1.29, 1.82) is 0 Å². The number of benzene rings is 1. The van der Waals surface area contributed by atoms with Crippen LogP contribution in [-0.4, -0.2) is 28.6 Å². The van der Waals surface area contributed by atoms with Crippen molar-refractivity contribution >= 4 is 0 Å². The van der Waals surface area contributed by atoms with Crippen LogP contribution in [0.15, 0.2) is 24.3 Å². The first-order valence-electron chi connectivity index (χ1n) is 8.59. The van der Waals surface area contributed by atoms with Gasteiger partial charge in [0.1, 0.15) is 0 Å². The summed E-state index contributed by atoms with van der Waals surface area (Å²) in [5.41, 5.74) is 2.51. The smallest absolute Gasteiger partial charge is 0.0947 e. The summed E-state index contributed by atoms with van der Waals surface area (Å²) in [4.78, 5) is 2.60.